The molecule has 3 aromatic rings. The first kappa shape index (κ1) is 9.38. The van der Waals surface area contributed by atoms with Crippen molar-refractivity contribution in [1.29, 1.82) is 0 Å². The van der Waals surface area contributed by atoms with E-state index in [4.69, 9.17) is 10.3 Å². The summed E-state index contributed by atoms with van der Waals surface area (Å²) in [5.74, 6) is 5.97. The molecule has 0 aliphatic carbocycles. The van der Waals surface area contributed by atoms with Gasteiger partial charge in [0, 0.05) is 10.8 Å². The van der Waals surface area contributed by atoms with Gasteiger partial charge in [-0.1, -0.05) is 18.2 Å². The number of thiazole rings is 1. The summed E-state index contributed by atoms with van der Waals surface area (Å²) >= 11 is 1.53. The Morgan fingerprint density at radius 2 is 2.19 bits per heavy atom. The van der Waals surface area contributed by atoms with Crippen LogP contribution < -0.4 is 11.3 Å². The highest BCUT2D eigenvalue weighted by Crippen LogP contribution is 2.33. The van der Waals surface area contributed by atoms with Crippen molar-refractivity contribution in [2.45, 2.75) is 0 Å². The monoisotopic (exact) mass is 231 g/mol. The summed E-state index contributed by atoms with van der Waals surface area (Å²) < 4.78 is 5.46. The number of nitrogen functional groups attached to an aromatic ring is 1. The van der Waals surface area contributed by atoms with Crippen LogP contribution in [0.1, 0.15) is 0 Å². The van der Waals surface area contributed by atoms with Gasteiger partial charge in [-0.2, -0.15) is 0 Å². The number of nitrogens with zero attached hydrogens (tertiary/aromatic N) is 1. The number of benzene rings is 1. The van der Waals surface area contributed by atoms with Gasteiger partial charge >= 0.3 is 0 Å². The minimum Gasteiger partial charge on any atom is -0.464 e. The van der Waals surface area contributed by atoms with Gasteiger partial charge in [-0.25, -0.2) is 10.8 Å². The predicted molar refractivity (Wildman–Crippen MR) is 65.1 cm³/mol. The molecule has 1 aromatic carbocycles. The average Bonchev–Trinajstić information content (AvgIpc) is 2.94. The Balaban J connectivity index is 2.18. The van der Waals surface area contributed by atoms with Crippen LogP contribution in [0.25, 0.3) is 21.5 Å². The lowest BCUT2D eigenvalue weighted by molar-refractivity contribution is 0.617. The third-order valence-electron chi connectivity index (χ3n) is 2.36. The van der Waals surface area contributed by atoms with Crippen LogP contribution in [0.2, 0.25) is 0 Å². The number of anilines is 1. The first-order valence-corrected chi connectivity index (χ1v) is 5.65. The minimum absolute atomic E-state index is 0.672. The molecule has 0 radical (unpaired) electrons. The van der Waals surface area contributed by atoms with Gasteiger partial charge in [-0.15, -0.1) is 11.3 Å². The number of rotatable bonds is 2. The number of hydrogen-bond donors (Lipinski definition) is 2. The summed E-state index contributed by atoms with van der Waals surface area (Å²) in [6, 6.07) is 7.89. The van der Waals surface area contributed by atoms with Crippen molar-refractivity contribution in [2.24, 2.45) is 5.84 Å². The SMILES string of the molecule is NNc1csc(-c2coc3ccccc23)n1. The Kier molecular flexibility index (Phi) is 2.12. The van der Waals surface area contributed by atoms with E-state index in [-0.39, 0.29) is 0 Å². The molecule has 0 amide bonds. The number of aromatic nitrogens is 1. The molecule has 4 nitrogen and oxygen atoms in total. The van der Waals surface area contributed by atoms with Crippen molar-refractivity contribution < 1.29 is 4.42 Å². The van der Waals surface area contributed by atoms with E-state index in [1.54, 1.807) is 6.26 Å². The molecule has 0 saturated carbocycles. The van der Waals surface area contributed by atoms with Gasteiger partial charge in [0.05, 0.1) is 5.56 Å². The van der Waals surface area contributed by atoms with Crippen molar-refractivity contribution in [3.05, 3.63) is 35.9 Å². The van der Waals surface area contributed by atoms with Crippen LogP contribution in [0.3, 0.4) is 0 Å². The Morgan fingerprint density at radius 3 is 3.00 bits per heavy atom. The molecule has 0 unspecified atom stereocenters. The second kappa shape index (κ2) is 3.62. The van der Waals surface area contributed by atoms with Crippen molar-refractivity contribution in [1.82, 2.24) is 4.98 Å². The normalized spacial score (nSPS) is 10.8. The Hall–Kier alpha value is -1.85. The van der Waals surface area contributed by atoms with Crippen molar-refractivity contribution >= 4 is 28.1 Å². The van der Waals surface area contributed by atoms with Crippen LogP contribution in [0, 0.1) is 0 Å². The number of hydrazine groups is 1. The topological polar surface area (TPSA) is 64.1 Å². The maximum atomic E-state index is 5.46. The fourth-order valence-corrected chi connectivity index (χ4v) is 2.39. The van der Waals surface area contributed by atoms with Crippen LogP contribution in [0.5, 0.6) is 0 Å². The second-order valence-electron chi connectivity index (χ2n) is 3.33. The van der Waals surface area contributed by atoms with Gasteiger partial charge in [0.1, 0.15) is 16.9 Å². The summed E-state index contributed by atoms with van der Waals surface area (Å²) in [7, 11) is 0. The summed E-state index contributed by atoms with van der Waals surface area (Å²) in [6.07, 6.45) is 1.73. The molecule has 16 heavy (non-hydrogen) atoms. The lowest BCUT2D eigenvalue weighted by Crippen LogP contribution is -2.06. The number of nitrogens with two attached hydrogens (primary N) is 1. The molecule has 3 rings (SSSR count). The van der Waals surface area contributed by atoms with E-state index in [2.05, 4.69) is 10.4 Å². The predicted octanol–water partition coefficient (Wildman–Crippen LogP) is 2.84. The molecule has 80 valence electrons. The molecule has 2 aromatic heterocycles. The lowest BCUT2D eigenvalue weighted by atomic mass is 10.2. The van der Waals surface area contributed by atoms with E-state index in [0.29, 0.717) is 5.82 Å². The smallest absolute Gasteiger partial charge is 0.151 e. The number of fused-ring (bicyclic) bond motifs is 1. The highest BCUT2D eigenvalue weighted by atomic mass is 32.1. The van der Waals surface area contributed by atoms with Crippen LogP contribution >= 0.6 is 11.3 Å². The standard InChI is InChI=1S/C11H9N3OS/c12-14-10-6-16-11(13-10)8-5-15-9-4-2-1-3-7(8)9/h1-6,14H,12H2. The van der Waals surface area contributed by atoms with Gasteiger partial charge in [0.15, 0.2) is 5.82 Å². The lowest BCUT2D eigenvalue weighted by Gasteiger charge is -1.92. The Labute approximate surface area is 95.7 Å². The zero-order valence-electron chi connectivity index (χ0n) is 8.31. The van der Waals surface area contributed by atoms with Crippen molar-refractivity contribution in [3.63, 3.8) is 0 Å². The highest BCUT2D eigenvalue weighted by Gasteiger charge is 2.10. The highest BCUT2D eigenvalue weighted by molar-refractivity contribution is 7.13. The fourth-order valence-electron chi connectivity index (χ4n) is 1.61. The number of furan rings is 1. The van der Waals surface area contributed by atoms with Crippen LogP contribution in [-0.2, 0) is 0 Å². The molecule has 0 saturated heterocycles. The van der Waals surface area contributed by atoms with Crippen LogP contribution in [0.15, 0.2) is 40.3 Å². The van der Waals surface area contributed by atoms with Crippen molar-refractivity contribution in [2.75, 3.05) is 5.43 Å². The van der Waals surface area contributed by atoms with Crippen molar-refractivity contribution in [3.8, 4) is 10.6 Å². The van der Waals surface area contributed by atoms with E-state index in [9.17, 15) is 0 Å². The van der Waals surface area contributed by atoms with Crippen LogP contribution in [0.4, 0.5) is 5.82 Å². The van der Waals surface area contributed by atoms with E-state index in [1.807, 2.05) is 29.6 Å². The Bertz CT molecular complexity index is 629. The first-order valence-electron chi connectivity index (χ1n) is 4.77. The molecule has 0 atom stereocenters. The summed E-state index contributed by atoms with van der Waals surface area (Å²) in [6.45, 7) is 0. The average molecular weight is 231 g/mol. The zero-order valence-corrected chi connectivity index (χ0v) is 9.12. The molecular weight excluding hydrogens is 222 g/mol. The molecule has 3 N–H and O–H groups in total. The molecule has 2 heterocycles. The number of nitrogens with one attached hydrogen (secondary N) is 1. The minimum atomic E-state index is 0.672. The summed E-state index contributed by atoms with van der Waals surface area (Å²) in [4.78, 5) is 4.34. The molecule has 0 fully saturated rings. The molecular formula is C11H9N3OS. The molecule has 0 aliphatic rings. The second-order valence-corrected chi connectivity index (χ2v) is 4.19. The third kappa shape index (κ3) is 1.37. The summed E-state index contributed by atoms with van der Waals surface area (Å²) in [5, 5.41) is 3.84. The van der Waals surface area contributed by atoms with Gasteiger partial charge in [-0.05, 0) is 6.07 Å². The maximum Gasteiger partial charge on any atom is 0.151 e. The molecule has 0 bridgehead atoms. The zero-order chi connectivity index (χ0) is 11.0. The largest absolute Gasteiger partial charge is 0.464 e. The van der Waals surface area contributed by atoms with Gasteiger partial charge < -0.3 is 9.84 Å². The van der Waals surface area contributed by atoms with E-state index in [0.717, 1.165) is 21.5 Å². The quantitative estimate of drug-likeness (QED) is 0.526. The number of para-hydroxylation sites is 1. The Morgan fingerprint density at radius 1 is 1.31 bits per heavy atom. The first-order chi connectivity index (χ1) is 7.88. The number of hydrogen-bond acceptors (Lipinski definition) is 5. The summed E-state index contributed by atoms with van der Waals surface area (Å²) in [5.41, 5.74) is 4.40. The fraction of sp³-hybridized carbons (Fsp3) is 0. The van der Waals surface area contributed by atoms with E-state index >= 15 is 0 Å². The van der Waals surface area contributed by atoms with Gasteiger partial charge in [-0.3, -0.25) is 0 Å². The molecule has 5 heteroatoms. The molecule has 0 spiro atoms. The van der Waals surface area contributed by atoms with Gasteiger partial charge in [0.2, 0.25) is 0 Å². The van der Waals surface area contributed by atoms with E-state index < -0.39 is 0 Å². The third-order valence-corrected chi connectivity index (χ3v) is 3.24. The molecule has 0 aliphatic heterocycles. The van der Waals surface area contributed by atoms with Crippen LogP contribution in [-0.4, -0.2) is 4.98 Å². The maximum absolute atomic E-state index is 5.46. The van der Waals surface area contributed by atoms with Gasteiger partial charge in [0.25, 0.3) is 0 Å². The van der Waals surface area contributed by atoms with E-state index in [1.165, 1.54) is 11.3 Å².